The van der Waals surface area contributed by atoms with Gasteiger partial charge in [-0.3, -0.25) is 9.89 Å². The first kappa shape index (κ1) is 24.9. The number of nitrogens with zero attached hydrogens (tertiary/aromatic N) is 2. The lowest BCUT2D eigenvalue weighted by atomic mass is 10.2. The highest BCUT2D eigenvalue weighted by molar-refractivity contribution is 14.0. The van der Waals surface area contributed by atoms with Crippen molar-refractivity contribution in [2.24, 2.45) is 4.99 Å². The molecule has 0 saturated heterocycles. The maximum Gasteiger partial charge on any atom is 0.190 e. The molecule has 25 heavy (non-hydrogen) atoms. The molecule has 0 radical (unpaired) electrons. The minimum absolute atomic E-state index is 0. The average Bonchev–Trinajstić information content (AvgIpc) is 3.04. The third kappa shape index (κ3) is 11.3. The molecule has 0 spiro atoms. The molecule has 0 aromatic rings. The van der Waals surface area contributed by atoms with E-state index >= 15 is 0 Å². The van der Waals surface area contributed by atoms with Gasteiger partial charge >= 0.3 is 0 Å². The van der Waals surface area contributed by atoms with Crippen LogP contribution in [0.4, 0.5) is 0 Å². The molecule has 0 amide bonds. The van der Waals surface area contributed by atoms with E-state index in [1.165, 1.54) is 25.7 Å². The van der Waals surface area contributed by atoms with Gasteiger partial charge in [0.05, 0.1) is 6.10 Å². The van der Waals surface area contributed by atoms with Gasteiger partial charge in [0, 0.05) is 45.4 Å². The highest BCUT2D eigenvalue weighted by atomic mass is 127. The van der Waals surface area contributed by atoms with Gasteiger partial charge in [0.1, 0.15) is 0 Å². The van der Waals surface area contributed by atoms with E-state index < -0.39 is 0 Å². The summed E-state index contributed by atoms with van der Waals surface area (Å²) in [5, 5.41) is 6.78. The van der Waals surface area contributed by atoms with Crippen LogP contribution in [0.1, 0.15) is 66.2 Å². The molecular formula is C19H41IN4O. The summed E-state index contributed by atoms with van der Waals surface area (Å²) in [7, 11) is 1.83. The van der Waals surface area contributed by atoms with Crippen LogP contribution in [0.25, 0.3) is 0 Å². The SMILES string of the molecule is CN=C(NCCCOC1CCCC1)NCCCN(C(C)C)C(C)C.I. The van der Waals surface area contributed by atoms with Gasteiger partial charge in [0.15, 0.2) is 5.96 Å². The molecule has 1 aliphatic carbocycles. The van der Waals surface area contributed by atoms with Crippen LogP contribution in [0, 0.1) is 0 Å². The Bertz CT molecular complexity index is 336. The largest absolute Gasteiger partial charge is 0.378 e. The van der Waals surface area contributed by atoms with Gasteiger partial charge in [0.2, 0.25) is 0 Å². The van der Waals surface area contributed by atoms with Gasteiger partial charge in [-0.15, -0.1) is 24.0 Å². The van der Waals surface area contributed by atoms with E-state index in [1.54, 1.807) is 0 Å². The Balaban J connectivity index is 0.00000576. The third-order valence-electron chi connectivity index (χ3n) is 4.71. The quantitative estimate of drug-likeness (QED) is 0.211. The zero-order chi connectivity index (χ0) is 17.8. The standard InChI is InChI=1S/C19H40N4O.HI/c1-16(2)23(17(3)4)14-8-12-21-19(20-5)22-13-9-15-24-18-10-6-7-11-18;/h16-18H,6-15H2,1-5H3,(H2,20,21,22);1H. The molecule has 150 valence electrons. The number of aliphatic imine (C=N–C) groups is 1. The topological polar surface area (TPSA) is 48.9 Å². The Morgan fingerprint density at radius 1 is 1.04 bits per heavy atom. The predicted molar refractivity (Wildman–Crippen MR) is 119 cm³/mol. The maximum absolute atomic E-state index is 5.88. The van der Waals surface area contributed by atoms with Crippen molar-refractivity contribution < 1.29 is 4.74 Å². The van der Waals surface area contributed by atoms with Crippen LogP contribution in [-0.4, -0.2) is 62.3 Å². The van der Waals surface area contributed by atoms with Crippen LogP contribution in [0.2, 0.25) is 0 Å². The van der Waals surface area contributed by atoms with E-state index in [0.29, 0.717) is 18.2 Å². The number of hydrogen-bond donors (Lipinski definition) is 2. The van der Waals surface area contributed by atoms with E-state index in [9.17, 15) is 0 Å². The van der Waals surface area contributed by atoms with Gasteiger partial charge in [-0.2, -0.15) is 0 Å². The summed E-state index contributed by atoms with van der Waals surface area (Å²) in [6.07, 6.45) is 7.86. The Hall–Kier alpha value is -0.0800. The molecule has 0 aromatic heterocycles. The van der Waals surface area contributed by atoms with Crippen LogP contribution >= 0.6 is 24.0 Å². The van der Waals surface area contributed by atoms with E-state index in [2.05, 4.69) is 48.2 Å². The first-order chi connectivity index (χ1) is 11.5. The summed E-state index contributed by atoms with van der Waals surface area (Å²) < 4.78 is 5.88. The first-order valence-corrected chi connectivity index (χ1v) is 9.86. The zero-order valence-corrected chi connectivity index (χ0v) is 19.3. The Labute approximate surface area is 172 Å². The van der Waals surface area contributed by atoms with Gasteiger partial charge in [-0.1, -0.05) is 12.8 Å². The second-order valence-corrected chi connectivity index (χ2v) is 7.34. The van der Waals surface area contributed by atoms with Crippen LogP contribution in [0.3, 0.4) is 0 Å². The monoisotopic (exact) mass is 468 g/mol. The number of nitrogens with one attached hydrogen (secondary N) is 2. The number of guanidine groups is 1. The van der Waals surface area contributed by atoms with Crippen LogP contribution in [-0.2, 0) is 4.74 Å². The van der Waals surface area contributed by atoms with Gasteiger partial charge in [-0.25, -0.2) is 0 Å². The molecule has 6 heteroatoms. The van der Waals surface area contributed by atoms with Crippen LogP contribution < -0.4 is 10.6 Å². The third-order valence-corrected chi connectivity index (χ3v) is 4.71. The minimum Gasteiger partial charge on any atom is -0.378 e. The van der Waals surface area contributed by atoms with Crippen molar-refractivity contribution in [3.05, 3.63) is 0 Å². The lowest BCUT2D eigenvalue weighted by Crippen LogP contribution is -2.41. The molecule has 0 aromatic carbocycles. The molecule has 0 atom stereocenters. The summed E-state index contributed by atoms with van der Waals surface area (Å²) in [6.45, 7) is 12.9. The molecule has 2 N–H and O–H groups in total. The van der Waals surface area contributed by atoms with Gasteiger partial charge < -0.3 is 15.4 Å². The normalized spacial score (nSPS) is 15.9. The lowest BCUT2D eigenvalue weighted by Gasteiger charge is -2.30. The highest BCUT2D eigenvalue weighted by Crippen LogP contribution is 2.20. The van der Waals surface area contributed by atoms with E-state index in [1.807, 2.05) is 7.05 Å². The summed E-state index contributed by atoms with van der Waals surface area (Å²) in [6, 6.07) is 1.20. The van der Waals surface area contributed by atoms with Crippen molar-refractivity contribution in [3.63, 3.8) is 0 Å². The highest BCUT2D eigenvalue weighted by Gasteiger charge is 2.14. The molecule has 0 heterocycles. The van der Waals surface area contributed by atoms with Crippen molar-refractivity contribution in [1.82, 2.24) is 15.5 Å². The van der Waals surface area contributed by atoms with Gasteiger partial charge in [0.25, 0.3) is 0 Å². The Kier molecular flexibility index (Phi) is 15.0. The van der Waals surface area contributed by atoms with E-state index in [4.69, 9.17) is 4.74 Å². The lowest BCUT2D eigenvalue weighted by molar-refractivity contribution is 0.0574. The van der Waals surface area contributed by atoms with Crippen molar-refractivity contribution in [2.45, 2.75) is 84.4 Å². The van der Waals surface area contributed by atoms with Crippen molar-refractivity contribution in [1.29, 1.82) is 0 Å². The number of ether oxygens (including phenoxy) is 1. The molecular weight excluding hydrogens is 427 g/mol. The zero-order valence-electron chi connectivity index (χ0n) is 17.0. The number of halogens is 1. The number of rotatable bonds is 11. The van der Waals surface area contributed by atoms with Gasteiger partial charge in [-0.05, 0) is 53.4 Å². The summed E-state index contributed by atoms with van der Waals surface area (Å²) in [5.41, 5.74) is 0. The Morgan fingerprint density at radius 3 is 2.12 bits per heavy atom. The fourth-order valence-electron chi connectivity index (χ4n) is 3.39. The predicted octanol–water partition coefficient (Wildman–Crippen LogP) is 3.63. The second kappa shape index (κ2) is 15.0. The Morgan fingerprint density at radius 2 is 1.60 bits per heavy atom. The van der Waals surface area contributed by atoms with Crippen LogP contribution in [0.15, 0.2) is 4.99 Å². The molecule has 0 aliphatic heterocycles. The molecule has 0 unspecified atom stereocenters. The molecule has 1 rings (SSSR count). The average molecular weight is 468 g/mol. The van der Waals surface area contributed by atoms with E-state index in [-0.39, 0.29) is 24.0 Å². The van der Waals surface area contributed by atoms with Crippen molar-refractivity contribution in [3.8, 4) is 0 Å². The summed E-state index contributed by atoms with van der Waals surface area (Å²) >= 11 is 0. The fourth-order valence-corrected chi connectivity index (χ4v) is 3.39. The number of hydrogen-bond acceptors (Lipinski definition) is 3. The first-order valence-electron chi connectivity index (χ1n) is 9.86. The molecule has 5 nitrogen and oxygen atoms in total. The summed E-state index contributed by atoms with van der Waals surface area (Å²) in [4.78, 5) is 6.82. The molecule has 1 fully saturated rings. The van der Waals surface area contributed by atoms with Crippen molar-refractivity contribution in [2.75, 3.05) is 33.3 Å². The van der Waals surface area contributed by atoms with Crippen LogP contribution in [0.5, 0.6) is 0 Å². The fraction of sp³-hybridized carbons (Fsp3) is 0.947. The smallest absolute Gasteiger partial charge is 0.190 e. The maximum atomic E-state index is 5.88. The van der Waals surface area contributed by atoms with E-state index in [0.717, 1.165) is 45.0 Å². The van der Waals surface area contributed by atoms with Crippen molar-refractivity contribution >= 4 is 29.9 Å². The second-order valence-electron chi connectivity index (χ2n) is 7.34. The minimum atomic E-state index is 0. The summed E-state index contributed by atoms with van der Waals surface area (Å²) in [5.74, 6) is 0.900. The molecule has 1 aliphatic rings. The molecule has 1 saturated carbocycles. The molecule has 0 bridgehead atoms.